The molecule has 0 aromatic heterocycles. The number of rotatable bonds is 6. The van der Waals surface area contributed by atoms with Crippen LogP contribution in [0, 0.1) is 0 Å². The Labute approximate surface area is 124 Å². The first-order valence-corrected chi connectivity index (χ1v) is 6.44. The molecule has 112 valence electrons. The summed E-state index contributed by atoms with van der Waals surface area (Å²) in [5.41, 5.74) is 0.970. The molecule has 0 radical (unpaired) electrons. The predicted molar refractivity (Wildman–Crippen MR) is 79.2 cm³/mol. The highest BCUT2D eigenvalue weighted by Crippen LogP contribution is 2.10. The van der Waals surface area contributed by atoms with Gasteiger partial charge in [-0.2, -0.15) is 0 Å². The molecule has 0 amide bonds. The molecule has 0 spiro atoms. The van der Waals surface area contributed by atoms with E-state index in [0.29, 0.717) is 0 Å². The molecular weight excluding hydrogens is 270 g/mol. The number of hydrogen-bond acceptors (Lipinski definition) is 5. The predicted octanol–water partition coefficient (Wildman–Crippen LogP) is 2.12. The Balaban J connectivity index is 2.68. The average Bonchev–Trinajstić information content (AvgIpc) is 2.54. The Bertz CT molecular complexity index is 516. The van der Waals surface area contributed by atoms with E-state index in [9.17, 15) is 9.59 Å². The van der Waals surface area contributed by atoms with Gasteiger partial charge in [-0.1, -0.05) is 30.3 Å². The average molecular weight is 289 g/mol. The minimum atomic E-state index is -0.734. The molecule has 5 nitrogen and oxygen atoms in total. The van der Waals surface area contributed by atoms with Crippen LogP contribution in [0.3, 0.4) is 0 Å². The summed E-state index contributed by atoms with van der Waals surface area (Å²) in [4.78, 5) is 22.8. The van der Waals surface area contributed by atoms with Crippen molar-refractivity contribution < 1.29 is 19.1 Å². The zero-order chi connectivity index (χ0) is 15.7. The topological polar surface area (TPSA) is 64.6 Å². The lowest BCUT2D eigenvalue weighted by Gasteiger charge is -2.11. The number of benzene rings is 1. The third-order valence-electron chi connectivity index (χ3n) is 2.82. The highest BCUT2D eigenvalue weighted by atomic mass is 16.5. The van der Waals surface area contributed by atoms with E-state index in [1.54, 1.807) is 12.3 Å². The van der Waals surface area contributed by atoms with Crippen molar-refractivity contribution in [1.29, 1.82) is 0 Å². The molecule has 1 unspecified atom stereocenters. The Morgan fingerprint density at radius 1 is 1.10 bits per heavy atom. The van der Waals surface area contributed by atoms with Crippen LogP contribution in [0.1, 0.15) is 18.5 Å². The highest BCUT2D eigenvalue weighted by Gasteiger charge is 2.18. The van der Waals surface area contributed by atoms with E-state index in [1.165, 1.54) is 20.3 Å². The maximum Gasteiger partial charge on any atom is 0.345 e. The van der Waals surface area contributed by atoms with Gasteiger partial charge in [0, 0.05) is 6.04 Å². The number of ether oxygens (including phenoxy) is 2. The first-order valence-electron chi connectivity index (χ1n) is 6.44. The van der Waals surface area contributed by atoms with Gasteiger partial charge in [0.25, 0.3) is 0 Å². The van der Waals surface area contributed by atoms with Crippen LogP contribution in [-0.4, -0.2) is 26.2 Å². The molecule has 21 heavy (non-hydrogen) atoms. The lowest BCUT2D eigenvalue weighted by Crippen LogP contribution is -2.15. The third-order valence-corrected chi connectivity index (χ3v) is 2.82. The van der Waals surface area contributed by atoms with E-state index in [4.69, 9.17) is 0 Å². The fraction of sp³-hybridized carbons (Fsp3) is 0.250. The fourth-order valence-corrected chi connectivity index (χ4v) is 1.62. The fourth-order valence-electron chi connectivity index (χ4n) is 1.62. The second-order valence-corrected chi connectivity index (χ2v) is 4.22. The minimum absolute atomic E-state index is 0.107. The maximum absolute atomic E-state index is 11.4. The molecule has 0 aliphatic carbocycles. The summed E-state index contributed by atoms with van der Waals surface area (Å²) in [5.74, 6) is -1.47. The maximum atomic E-state index is 11.4. The molecule has 5 heteroatoms. The third kappa shape index (κ3) is 5.14. The van der Waals surface area contributed by atoms with Gasteiger partial charge in [-0.25, -0.2) is 9.59 Å². The Morgan fingerprint density at radius 2 is 1.67 bits per heavy atom. The highest BCUT2D eigenvalue weighted by molar-refractivity contribution is 6.14. The number of nitrogens with one attached hydrogen (secondary N) is 1. The molecule has 1 rings (SSSR count). The summed E-state index contributed by atoms with van der Waals surface area (Å²) in [5, 5.41) is 3.14. The Morgan fingerprint density at radius 3 is 2.19 bits per heavy atom. The van der Waals surface area contributed by atoms with Crippen molar-refractivity contribution in [3.8, 4) is 0 Å². The van der Waals surface area contributed by atoms with Crippen molar-refractivity contribution in [2.24, 2.45) is 0 Å². The molecule has 0 heterocycles. The Kier molecular flexibility index (Phi) is 6.74. The molecule has 0 fully saturated rings. The van der Waals surface area contributed by atoms with Gasteiger partial charge < -0.3 is 14.8 Å². The molecule has 0 aliphatic rings. The van der Waals surface area contributed by atoms with E-state index in [2.05, 4.69) is 14.8 Å². The summed E-state index contributed by atoms with van der Waals surface area (Å²) >= 11 is 0. The molecule has 1 aromatic rings. The molecule has 0 aliphatic heterocycles. The van der Waals surface area contributed by atoms with E-state index >= 15 is 0 Å². The minimum Gasteiger partial charge on any atom is -0.465 e. The first kappa shape index (κ1) is 16.5. The standard InChI is InChI=1S/C16H19NO4/c1-12(13-8-5-4-6-9-13)17-11-7-10-14(15(18)20-2)16(19)21-3/h4-12,17H,1-3H3/b11-7+. The van der Waals surface area contributed by atoms with Gasteiger partial charge in [-0.3, -0.25) is 0 Å². The van der Waals surface area contributed by atoms with Crippen LogP contribution in [0.2, 0.25) is 0 Å². The van der Waals surface area contributed by atoms with Gasteiger partial charge in [0.1, 0.15) is 5.57 Å². The van der Waals surface area contributed by atoms with Gasteiger partial charge >= 0.3 is 11.9 Å². The van der Waals surface area contributed by atoms with Crippen molar-refractivity contribution in [3.05, 3.63) is 59.8 Å². The number of carbonyl (C=O) groups excluding carboxylic acids is 2. The van der Waals surface area contributed by atoms with E-state index in [-0.39, 0.29) is 11.6 Å². The molecule has 1 atom stereocenters. The van der Waals surface area contributed by atoms with Crippen LogP contribution in [0.15, 0.2) is 54.3 Å². The Hall–Kier alpha value is -2.56. The number of esters is 2. The van der Waals surface area contributed by atoms with Crippen LogP contribution in [-0.2, 0) is 19.1 Å². The lowest BCUT2D eigenvalue weighted by atomic mass is 10.1. The van der Waals surface area contributed by atoms with Crippen LogP contribution in [0.5, 0.6) is 0 Å². The summed E-state index contributed by atoms with van der Waals surface area (Å²) < 4.78 is 9.04. The molecule has 0 saturated heterocycles. The monoisotopic (exact) mass is 289 g/mol. The van der Waals surface area contributed by atoms with E-state index in [0.717, 1.165) is 5.56 Å². The summed E-state index contributed by atoms with van der Waals surface area (Å²) in [7, 11) is 2.41. The summed E-state index contributed by atoms with van der Waals surface area (Å²) in [6.07, 6.45) is 4.56. The van der Waals surface area contributed by atoms with Crippen LogP contribution in [0.4, 0.5) is 0 Å². The first-order chi connectivity index (χ1) is 10.1. The van der Waals surface area contributed by atoms with Gasteiger partial charge in [0.15, 0.2) is 0 Å². The number of carbonyl (C=O) groups is 2. The zero-order valence-electron chi connectivity index (χ0n) is 12.3. The SMILES string of the molecule is COC(=O)C(=C/C=C/NC(C)c1ccccc1)C(=O)OC. The normalized spacial score (nSPS) is 11.6. The number of methoxy groups -OCH3 is 2. The van der Waals surface area contributed by atoms with Gasteiger partial charge in [0.05, 0.1) is 14.2 Å². The quantitative estimate of drug-likeness (QED) is 0.286. The largest absolute Gasteiger partial charge is 0.465 e. The molecule has 1 aromatic carbocycles. The van der Waals surface area contributed by atoms with Crippen LogP contribution < -0.4 is 5.32 Å². The van der Waals surface area contributed by atoms with Crippen LogP contribution in [0.25, 0.3) is 0 Å². The zero-order valence-corrected chi connectivity index (χ0v) is 12.3. The molecule has 0 saturated carbocycles. The molecule has 1 N–H and O–H groups in total. The van der Waals surface area contributed by atoms with Crippen molar-refractivity contribution in [2.75, 3.05) is 14.2 Å². The summed E-state index contributed by atoms with van der Waals surface area (Å²) in [6.45, 7) is 2.00. The van der Waals surface area contributed by atoms with E-state index < -0.39 is 11.9 Å². The number of allylic oxidation sites excluding steroid dienone is 2. The second kappa shape index (κ2) is 8.58. The van der Waals surface area contributed by atoms with Crippen molar-refractivity contribution in [2.45, 2.75) is 13.0 Å². The molecule has 0 bridgehead atoms. The van der Waals surface area contributed by atoms with Crippen molar-refractivity contribution >= 4 is 11.9 Å². The summed E-state index contributed by atoms with van der Waals surface area (Å²) in [6, 6.07) is 10.0. The lowest BCUT2D eigenvalue weighted by molar-refractivity contribution is -0.144. The smallest absolute Gasteiger partial charge is 0.345 e. The molecular formula is C16H19NO4. The van der Waals surface area contributed by atoms with E-state index in [1.807, 2.05) is 37.3 Å². The van der Waals surface area contributed by atoms with Crippen molar-refractivity contribution in [1.82, 2.24) is 5.32 Å². The van der Waals surface area contributed by atoms with Gasteiger partial charge in [-0.15, -0.1) is 0 Å². The van der Waals surface area contributed by atoms with Crippen LogP contribution >= 0.6 is 0 Å². The number of hydrogen-bond donors (Lipinski definition) is 1. The van der Waals surface area contributed by atoms with Gasteiger partial charge in [-0.05, 0) is 30.8 Å². The second-order valence-electron chi connectivity index (χ2n) is 4.22. The van der Waals surface area contributed by atoms with Gasteiger partial charge in [0.2, 0.25) is 0 Å². The van der Waals surface area contributed by atoms with Crippen molar-refractivity contribution in [3.63, 3.8) is 0 Å².